The lowest BCUT2D eigenvalue weighted by molar-refractivity contribution is 0.0363. The summed E-state index contributed by atoms with van der Waals surface area (Å²) < 4.78 is 6.91. The number of pyridine rings is 1. The smallest absolute Gasteiger partial charge is 0.250 e. The molecule has 1 aliphatic heterocycles. The van der Waals surface area contributed by atoms with Crippen molar-refractivity contribution in [3.63, 3.8) is 0 Å². The number of morpholine rings is 1. The molecule has 0 radical (unpaired) electrons. The van der Waals surface area contributed by atoms with Gasteiger partial charge in [0.15, 0.2) is 0 Å². The zero-order chi connectivity index (χ0) is 11.4. The van der Waals surface area contributed by atoms with Crippen molar-refractivity contribution in [3.8, 4) is 0 Å². The molecule has 0 aromatic carbocycles. The van der Waals surface area contributed by atoms with E-state index in [1.54, 1.807) is 16.8 Å². The number of rotatable bonds is 3. The van der Waals surface area contributed by atoms with Crippen molar-refractivity contribution in [2.75, 3.05) is 32.8 Å². The Bertz CT molecular complexity index is 399. The molecule has 0 spiro atoms. The Balaban J connectivity index is 1.93. The minimum absolute atomic E-state index is 0.00217. The molecule has 0 unspecified atom stereocenters. The van der Waals surface area contributed by atoms with Gasteiger partial charge in [0.05, 0.1) is 18.2 Å². The lowest BCUT2D eigenvalue weighted by Crippen LogP contribution is -2.39. The fourth-order valence-corrected chi connectivity index (χ4v) is 1.93. The zero-order valence-corrected chi connectivity index (χ0v) is 9.82. The summed E-state index contributed by atoms with van der Waals surface area (Å²) in [6.07, 6.45) is 1.68. The van der Waals surface area contributed by atoms with E-state index < -0.39 is 0 Å². The van der Waals surface area contributed by atoms with Crippen molar-refractivity contribution in [2.24, 2.45) is 0 Å². The van der Waals surface area contributed by atoms with Crippen LogP contribution in [-0.2, 0) is 11.3 Å². The van der Waals surface area contributed by atoms with E-state index in [9.17, 15) is 4.79 Å². The first-order chi connectivity index (χ1) is 7.75. The second-order valence-electron chi connectivity index (χ2n) is 3.83. The first-order valence-electron chi connectivity index (χ1n) is 5.42. The minimum Gasteiger partial charge on any atom is -0.379 e. The lowest BCUT2D eigenvalue weighted by atomic mass is 10.4. The quantitative estimate of drug-likeness (QED) is 0.788. The number of aromatic nitrogens is 1. The van der Waals surface area contributed by atoms with Crippen LogP contribution in [0.3, 0.4) is 0 Å². The molecule has 1 aromatic heterocycles. The van der Waals surface area contributed by atoms with Gasteiger partial charge in [-0.2, -0.15) is 0 Å². The molecule has 1 fully saturated rings. The fourth-order valence-electron chi connectivity index (χ4n) is 1.75. The number of halogens is 1. The van der Waals surface area contributed by atoms with Gasteiger partial charge in [-0.3, -0.25) is 9.69 Å². The van der Waals surface area contributed by atoms with E-state index in [-0.39, 0.29) is 5.56 Å². The average molecular weight is 243 g/mol. The fraction of sp³-hybridized carbons (Fsp3) is 0.545. The summed E-state index contributed by atoms with van der Waals surface area (Å²) in [5.41, 5.74) is -0.00217. The Morgan fingerprint density at radius 1 is 1.25 bits per heavy atom. The van der Waals surface area contributed by atoms with Gasteiger partial charge in [-0.1, -0.05) is 11.6 Å². The van der Waals surface area contributed by atoms with Crippen molar-refractivity contribution in [2.45, 2.75) is 6.54 Å². The Morgan fingerprint density at radius 3 is 2.75 bits per heavy atom. The molecule has 1 aliphatic rings. The molecule has 2 rings (SSSR count). The predicted molar refractivity (Wildman–Crippen MR) is 63.0 cm³/mol. The molecular formula is C11H15ClN2O2. The van der Waals surface area contributed by atoms with Crippen LogP contribution >= 0.6 is 11.6 Å². The number of hydrogen-bond donors (Lipinski definition) is 0. The standard InChI is InChI=1S/C11H15ClN2O2/c12-10-1-2-11(15)14(9-10)4-3-13-5-7-16-8-6-13/h1-2,9H,3-8H2. The van der Waals surface area contributed by atoms with Crippen LogP contribution in [0.1, 0.15) is 0 Å². The van der Waals surface area contributed by atoms with Gasteiger partial charge in [-0.05, 0) is 6.07 Å². The summed E-state index contributed by atoms with van der Waals surface area (Å²) in [4.78, 5) is 13.8. The first-order valence-corrected chi connectivity index (χ1v) is 5.79. The van der Waals surface area contributed by atoms with E-state index in [0.29, 0.717) is 11.6 Å². The summed E-state index contributed by atoms with van der Waals surface area (Å²) in [6.45, 7) is 4.99. The monoisotopic (exact) mass is 242 g/mol. The number of nitrogens with zero attached hydrogens (tertiary/aromatic N) is 2. The van der Waals surface area contributed by atoms with Crippen LogP contribution in [0.15, 0.2) is 23.1 Å². The maximum absolute atomic E-state index is 11.5. The van der Waals surface area contributed by atoms with E-state index in [1.165, 1.54) is 6.07 Å². The van der Waals surface area contributed by atoms with Gasteiger partial charge < -0.3 is 9.30 Å². The normalized spacial score (nSPS) is 17.6. The van der Waals surface area contributed by atoms with E-state index in [1.807, 2.05) is 0 Å². The molecule has 4 nitrogen and oxygen atoms in total. The number of hydrogen-bond acceptors (Lipinski definition) is 3. The largest absolute Gasteiger partial charge is 0.379 e. The van der Waals surface area contributed by atoms with Gasteiger partial charge in [0.2, 0.25) is 0 Å². The Hall–Kier alpha value is -0.840. The van der Waals surface area contributed by atoms with Gasteiger partial charge in [-0.15, -0.1) is 0 Å². The van der Waals surface area contributed by atoms with Gasteiger partial charge in [0, 0.05) is 38.4 Å². The highest BCUT2D eigenvalue weighted by Crippen LogP contribution is 2.03. The van der Waals surface area contributed by atoms with E-state index >= 15 is 0 Å². The van der Waals surface area contributed by atoms with Gasteiger partial charge >= 0.3 is 0 Å². The van der Waals surface area contributed by atoms with Crippen LogP contribution in [-0.4, -0.2) is 42.3 Å². The molecule has 88 valence electrons. The SMILES string of the molecule is O=c1ccc(Cl)cn1CCN1CCOCC1. The third-order valence-electron chi connectivity index (χ3n) is 2.71. The maximum Gasteiger partial charge on any atom is 0.250 e. The molecule has 1 saturated heterocycles. The molecule has 0 atom stereocenters. The topological polar surface area (TPSA) is 34.5 Å². The predicted octanol–water partition coefficient (Wildman–Crippen LogP) is 0.834. The van der Waals surface area contributed by atoms with Crippen LogP contribution < -0.4 is 5.56 Å². The molecule has 0 N–H and O–H groups in total. The van der Waals surface area contributed by atoms with Crippen molar-refractivity contribution < 1.29 is 4.74 Å². The molecule has 0 saturated carbocycles. The Kier molecular flexibility index (Phi) is 3.98. The van der Waals surface area contributed by atoms with Crippen LogP contribution in [0, 0.1) is 0 Å². The summed E-state index contributed by atoms with van der Waals surface area (Å²) in [7, 11) is 0. The van der Waals surface area contributed by atoms with Crippen molar-refractivity contribution in [1.29, 1.82) is 0 Å². The molecule has 16 heavy (non-hydrogen) atoms. The summed E-state index contributed by atoms with van der Waals surface area (Å²) >= 11 is 5.85. The summed E-state index contributed by atoms with van der Waals surface area (Å²) in [6, 6.07) is 3.12. The van der Waals surface area contributed by atoms with Crippen LogP contribution in [0.4, 0.5) is 0 Å². The third kappa shape index (κ3) is 3.07. The molecule has 0 amide bonds. The van der Waals surface area contributed by atoms with Crippen molar-refractivity contribution in [1.82, 2.24) is 9.47 Å². The highest BCUT2D eigenvalue weighted by atomic mass is 35.5. The molecule has 5 heteroatoms. The molecule has 0 aliphatic carbocycles. The maximum atomic E-state index is 11.5. The van der Waals surface area contributed by atoms with Crippen molar-refractivity contribution >= 4 is 11.6 Å². The number of ether oxygens (including phenoxy) is 1. The zero-order valence-electron chi connectivity index (χ0n) is 9.06. The van der Waals surface area contributed by atoms with Gasteiger partial charge in [-0.25, -0.2) is 0 Å². The molecular weight excluding hydrogens is 228 g/mol. The van der Waals surface area contributed by atoms with Crippen molar-refractivity contribution in [3.05, 3.63) is 33.7 Å². The minimum atomic E-state index is -0.00217. The summed E-state index contributed by atoms with van der Waals surface area (Å²) in [5, 5.41) is 0.599. The van der Waals surface area contributed by atoms with Crippen LogP contribution in [0.2, 0.25) is 5.02 Å². The molecule has 1 aromatic rings. The van der Waals surface area contributed by atoms with Crippen LogP contribution in [0.25, 0.3) is 0 Å². The van der Waals surface area contributed by atoms with Crippen LogP contribution in [0.5, 0.6) is 0 Å². The third-order valence-corrected chi connectivity index (χ3v) is 2.93. The highest BCUT2D eigenvalue weighted by molar-refractivity contribution is 6.30. The van der Waals surface area contributed by atoms with E-state index in [4.69, 9.17) is 16.3 Å². The Morgan fingerprint density at radius 2 is 2.00 bits per heavy atom. The summed E-state index contributed by atoms with van der Waals surface area (Å²) in [5.74, 6) is 0. The van der Waals surface area contributed by atoms with Gasteiger partial charge in [0.25, 0.3) is 5.56 Å². The second kappa shape index (κ2) is 5.48. The Labute approximate surface area is 99.4 Å². The molecule has 2 heterocycles. The van der Waals surface area contributed by atoms with E-state index in [0.717, 1.165) is 32.8 Å². The average Bonchev–Trinajstić information content (AvgIpc) is 2.32. The molecule has 0 bridgehead atoms. The highest BCUT2D eigenvalue weighted by Gasteiger charge is 2.09. The first kappa shape index (κ1) is 11.6. The van der Waals surface area contributed by atoms with Gasteiger partial charge in [0.1, 0.15) is 0 Å². The lowest BCUT2D eigenvalue weighted by Gasteiger charge is -2.26. The van der Waals surface area contributed by atoms with E-state index in [2.05, 4.69) is 4.90 Å². The second-order valence-corrected chi connectivity index (χ2v) is 4.27.